The number of urea groups is 1. The predicted octanol–water partition coefficient (Wildman–Crippen LogP) is 2.10. The van der Waals surface area contributed by atoms with Gasteiger partial charge >= 0.3 is 6.03 Å². The molecule has 0 unspecified atom stereocenters. The number of carbonyl (C=O) groups is 1. The fraction of sp³-hybridized carbons (Fsp3) is 0.458. The first-order valence-electron chi connectivity index (χ1n) is 11.9. The molecule has 1 fully saturated rings. The zero-order valence-corrected chi connectivity index (χ0v) is 22.4. The first kappa shape index (κ1) is 26.5. The van der Waals surface area contributed by atoms with Gasteiger partial charge in [0.25, 0.3) is 0 Å². The number of pyridine rings is 1. The fourth-order valence-electron chi connectivity index (χ4n) is 3.78. The maximum Gasteiger partial charge on any atom is 0.320 e. The molecule has 37 heavy (non-hydrogen) atoms. The summed E-state index contributed by atoms with van der Waals surface area (Å²) in [6, 6.07) is 4.79. The minimum atomic E-state index is -3.47. The van der Waals surface area contributed by atoms with Gasteiger partial charge in [-0.25, -0.2) is 28.2 Å². The molecule has 4 heterocycles. The third-order valence-corrected chi connectivity index (χ3v) is 8.46. The Morgan fingerprint density at radius 1 is 1.24 bits per heavy atom. The van der Waals surface area contributed by atoms with Crippen LogP contribution in [0.2, 0.25) is 0 Å². The molecule has 198 valence electrons. The van der Waals surface area contributed by atoms with Crippen LogP contribution in [0, 0.1) is 0 Å². The predicted molar refractivity (Wildman–Crippen MR) is 140 cm³/mol. The van der Waals surface area contributed by atoms with E-state index in [9.17, 15) is 13.2 Å². The zero-order chi connectivity index (χ0) is 26.8. The molecule has 0 spiro atoms. The minimum absolute atomic E-state index is 0.0700. The molecule has 1 saturated heterocycles. The topological polar surface area (TPSA) is 144 Å². The SMILES string of the molecule is C[C@H]1COCCN1c1cc(C(C)(C)S(C)(=O)=O)nc(-c2ccc(NC(=O)NCc3cnn(C)c3)nc2)n1. The molecule has 2 amide bonds. The number of hydrogen-bond acceptors (Lipinski definition) is 9. The summed E-state index contributed by atoms with van der Waals surface area (Å²) < 4.78 is 31.2. The fourth-order valence-corrected chi connectivity index (χ4v) is 4.27. The summed E-state index contributed by atoms with van der Waals surface area (Å²) >= 11 is 0. The van der Waals surface area contributed by atoms with Gasteiger partial charge in [-0.2, -0.15) is 5.10 Å². The number of nitrogens with zero attached hydrogens (tertiary/aromatic N) is 6. The van der Waals surface area contributed by atoms with E-state index in [-0.39, 0.29) is 6.04 Å². The van der Waals surface area contributed by atoms with Crippen LogP contribution >= 0.6 is 0 Å². The lowest BCUT2D eigenvalue weighted by atomic mass is 10.1. The van der Waals surface area contributed by atoms with Gasteiger partial charge in [0.2, 0.25) is 0 Å². The molecule has 0 saturated carbocycles. The molecule has 0 aromatic carbocycles. The molecular weight excluding hydrogens is 496 g/mol. The van der Waals surface area contributed by atoms with Crippen LogP contribution in [0.4, 0.5) is 16.4 Å². The lowest BCUT2D eigenvalue weighted by Crippen LogP contribution is -2.44. The molecule has 12 nitrogen and oxygen atoms in total. The second-order valence-electron chi connectivity index (χ2n) is 9.60. The standard InChI is InChI=1S/C24H32N8O4S/c1-16-15-36-9-8-32(16)21-10-19(24(2,3)37(5,34)35)28-22(30-21)18-6-7-20(25-13-18)29-23(33)26-11-17-12-27-31(4)14-17/h6-7,10,12-14,16H,8-9,11,15H2,1-5H3,(H2,25,26,29,33)/t16-/m0/s1. The average molecular weight is 529 g/mol. The van der Waals surface area contributed by atoms with Crippen molar-refractivity contribution in [2.45, 2.75) is 38.1 Å². The molecule has 2 N–H and O–H groups in total. The van der Waals surface area contributed by atoms with Crippen LogP contribution in [0.1, 0.15) is 32.0 Å². The molecule has 0 radical (unpaired) electrons. The van der Waals surface area contributed by atoms with Gasteiger partial charge in [-0.15, -0.1) is 0 Å². The number of ether oxygens (including phenoxy) is 1. The lowest BCUT2D eigenvalue weighted by Gasteiger charge is -2.35. The van der Waals surface area contributed by atoms with Crippen molar-refractivity contribution in [3.8, 4) is 11.4 Å². The van der Waals surface area contributed by atoms with E-state index < -0.39 is 20.6 Å². The highest BCUT2D eigenvalue weighted by atomic mass is 32.2. The summed E-state index contributed by atoms with van der Waals surface area (Å²) in [5, 5.41) is 9.51. The van der Waals surface area contributed by atoms with Gasteiger partial charge in [-0.1, -0.05) is 0 Å². The molecule has 0 aliphatic carbocycles. The van der Waals surface area contributed by atoms with Crippen LogP contribution in [-0.4, -0.2) is 71.2 Å². The highest BCUT2D eigenvalue weighted by molar-refractivity contribution is 7.91. The number of nitrogens with one attached hydrogen (secondary N) is 2. The summed E-state index contributed by atoms with van der Waals surface area (Å²) in [6.45, 7) is 7.37. The molecule has 13 heteroatoms. The third kappa shape index (κ3) is 6.05. The highest BCUT2D eigenvalue weighted by Gasteiger charge is 2.35. The van der Waals surface area contributed by atoms with E-state index in [4.69, 9.17) is 9.72 Å². The maximum absolute atomic E-state index is 12.6. The van der Waals surface area contributed by atoms with Crippen molar-refractivity contribution in [3.05, 3.63) is 48.0 Å². The summed E-state index contributed by atoms with van der Waals surface area (Å²) in [5.41, 5.74) is 1.86. The van der Waals surface area contributed by atoms with Crippen LogP contribution < -0.4 is 15.5 Å². The number of aryl methyl sites for hydroxylation is 1. The van der Waals surface area contributed by atoms with Crippen LogP contribution in [0.5, 0.6) is 0 Å². The number of sulfone groups is 1. The molecule has 0 bridgehead atoms. The van der Waals surface area contributed by atoms with Gasteiger partial charge in [0.05, 0.1) is 31.1 Å². The van der Waals surface area contributed by atoms with Crippen LogP contribution in [0.25, 0.3) is 11.4 Å². The number of anilines is 2. The minimum Gasteiger partial charge on any atom is -0.377 e. The molecule has 1 aliphatic rings. The van der Waals surface area contributed by atoms with Crippen molar-refractivity contribution < 1.29 is 17.9 Å². The van der Waals surface area contributed by atoms with Crippen LogP contribution in [0.15, 0.2) is 36.8 Å². The number of morpholine rings is 1. The number of aromatic nitrogens is 5. The Kier molecular flexibility index (Phi) is 7.46. The van der Waals surface area contributed by atoms with E-state index in [1.807, 2.05) is 13.1 Å². The van der Waals surface area contributed by atoms with E-state index in [2.05, 4.69) is 30.6 Å². The maximum atomic E-state index is 12.6. The Labute approximate surface area is 216 Å². The van der Waals surface area contributed by atoms with Gasteiger partial charge in [0.15, 0.2) is 15.7 Å². The monoisotopic (exact) mass is 528 g/mol. The molecule has 3 aromatic heterocycles. The van der Waals surface area contributed by atoms with E-state index in [1.165, 1.54) is 6.26 Å². The smallest absolute Gasteiger partial charge is 0.320 e. The largest absolute Gasteiger partial charge is 0.377 e. The van der Waals surface area contributed by atoms with Crippen LogP contribution in [-0.2, 0) is 32.9 Å². The normalized spacial score (nSPS) is 16.5. The van der Waals surface area contributed by atoms with Crippen LogP contribution in [0.3, 0.4) is 0 Å². The molecule has 4 rings (SSSR count). The summed E-state index contributed by atoms with van der Waals surface area (Å²) in [6.07, 6.45) is 6.25. The van der Waals surface area contributed by atoms with Gasteiger partial charge in [0.1, 0.15) is 16.4 Å². The third-order valence-electron chi connectivity index (χ3n) is 6.39. The van der Waals surface area contributed by atoms with Gasteiger partial charge in [-0.05, 0) is 32.9 Å². The van der Waals surface area contributed by atoms with E-state index >= 15 is 0 Å². The summed E-state index contributed by atoms with van der Waals surface area (Å²) in [4.78, 5) is 28.0. The van der Waals surface area contributed by atoms with E-state index in [0.29, 0.717) is 55.0 Å². The quantitative estimate of drug-likeness (QED) is 0.471. The van der Waals surface area contributed by atoms with Crippen molar-refractivity contribution in [2.24, 2.45) is 7.05 Å². The number of carbonyl (C=O) groups excluding carboxylic acids is 1. The Hall–Kier alpha value is -3.58. The first-order valence-corrected chi connectivity index (χ1v) is 13.8. The van der Waals surface area contributed by atoms with Crippen molar-refractivity contribution in [3.63, 3.8) is 0 Å². The van der Waals surface area contributed by atoms with Gasteiger partial charge in [-0.3, -0.25) is 10.00 Å². The Bertz CT molecular complexity index is 1370. The van der Waals surface area contributed by atoms with Crippen molar-refractivity contribution in [1.29, 1.82) is 0 Å². The van der Waals surface area contributed by atoms with Gasteiger partial charge < -0.3 is 15.0 Å². The second kappa shape index (κ2) is 10.4. The van der Waals surface area contributed by atoms with E-state index in [1.54, 1.807) is 56.2 Å². The van der Waals surface area contributed by atoms with Crippen molar-refractivity contribution in [1.82, 2.24) is 30.0 Å². The number of hydrogen-bond donors (Lipinski definition) is 2. The number of amides is 2. The second-order valence-corrected chi connectivity index (χ2v) is 12.2. The summed E-state index contributed by atoms with van der Waals surface area (Å²) in [7, 11) is -1.66. The Morgan fingerprint density at radius 3 is 2.65 bits per heavy atom. The molecule has 3 aromatic rings. The molecular formula is C24H32N8O4S. The zero-order valence-electron chi connectivity index (χ0n) is 21.6. The van der Waals surface area contributed by atoms with E-state index in [0.717, 1.165) is 5.56 Å². The summed E-state index contributed by atoms with van der Waals surface area (Å²) in [5.74, 6) is 1.33. The van der Waals surface area contributed by atoms with Crippen molar-refractivity contribution in [2.75, 3.05) is 36.2 Å². The Balaban J connectivity index is 1.58. The lowest BCUT2D eigenvalue weighted by molar-refractivity contribution is 0.0985. The molecule has 1 atom stereocenters. The van der Waals surface area contributed by atoms with Crippen molar-refractivity contribution >= 4 is 27.5 Å². The van der Waals surface area contributed by atoms with Gasteiger partial charge in [0, 0.05) is 56.0 Å². The Morgan fingerprint density at radius 2 is 2.03 bits per heavy atom. The average Bonchev–Trinajstić information content (AvgIpc) is 3.27. The number of rotatable bonds is 7. The molecule has 1 aliphatic heterocycles. The first-order chi connectivity index (χ1) is 17.4. The highest BCUT2D eigenvalue weighted by Crippen LogP contribution is 2.32.